The van der Waals surface area contributed by atoms with Gasteiger partial charge < -0.3 is 11.5 Å². The number of nitriles is 1. The summed E-state index contributed by atoms with van der Waals surface area (Å²) in [5.74, 6) is 0.605. The first kappa shape index (κ1) is 11.2. The molecule has 0 aromatic carbocycles. The van der Waals surface area contributed by atoms with E-state index in [2.05, 4.69) is 15.0 Å². The van der Waals surface area contributed by atoms with Crippen molar-refractivity contribution < 1.29 is 0 Å². The summed E-state index contributed by atoms with van der Waals surface area (Å²) >= 11 is 1.20. The molecule has 0 amide bonds. The van der Waals surface area contributed by atoms with Crippen molar-refractivity contribution in [1.82, 2.24) is 15.0 Å². The third-order valence-corrected chi connectivity index (χ3v) is 2.58. The summed E-state index contributed by atoms with van der Waals surface area (Å²) in [6.07, 6.45) is 0. The number of hydrogen-bond acceptors (Lipinski definition) is 7. The van der Waals surface area contributed by atoms with Crippen LogP contribution >= 0.6 is 11.8 Å². The van der Waals surface area contributed by atoms with E-state index in [-0.39, 0.29) is 0 Å². The molecular formula is C10H8N6S. The van der Waals surface area contributed by atoms with Gasteiger partial charge in [0, 0.05) is 6.07 Å². The van der Waals surface area contributed by atoms with Gasteiger partial charge in [-0.15, -0.1) is 0 Å². The first-order valence-electron chi connectivity index (χ1n) is 4.62. The molecule has 0 fully saturated rings. The lowest BCUT2D eigenvalue weighted by Gasteiger charge is -2.01. The van der Waals surface area contributed by atoms with Crippen LogP contribution in [0.15, 0.2) is 34.4 Å². The van der Waals surface area contributed by atoms with Gasteiger partial charge in [-0.1, -0.05) is 6.07 Å². The normalized spacial score (nSPS) is 9.82. The van der Waals surface area contributed by atoms with E-state index in [9.17, 15) is 0 Å². The van der Waals surface area contributed by atoms with Crippen LogP contribution in [0.2, 0.25) is 0 Å². The van der Waals surface area contributed by atoms with Gasteiger partial charge in [-0.2, -0.15) is 5.26 Å². The molecule has 0 aliphatic carbocycles. The zero-order valence-corrected chi connectivity index (χ0v) is 9.48. The van der Waals surface area contributed by atoms with Crippen LogP contribution in [0, 0.1) is 11.3 Å². The van der Waals surface area contributed by atoms with Crippen molar-refractivity contribution in [3.63, 3.8) is 0 Å². The van der Waals surface area contributed by atoms with Crippen LogP contribution in [0.3, 0.4) is 0 Å². The molecule has 17 heavy (non-hydrogen) atoms. The van der Waals surface area contributed by atoms with Crippen LogP contribution in [0.5, 0.6) is 0 Å². The van der Waals surface area contributed by atoms with Crippen molar-refractivity contribution in [2.75, 3.05) is 11.5 Å². The van der Waals surface area contributed by atoms with Gasteiger partial charge >= 0.3 is 0 Å². The SMILES string of the molecule is N#Cc1cccc(Sc2nc(N)cc(N)n2)n1. The highest BCUT2D eigenvalue weighted by Crippen LogP contribution is 2.24. The summed E-state index contributed by atoms with van der Waals surface area (Å²) in [5.41, 5.74) is 11.4. The summed E-state index contributed by atoms with van der Waals surface area (Å²) in [4.78, 5) is 12.1. The molecule has 4 N–H and O–H groups in total. The second-order valence-electron chi connectivity index (χ2n) is 3.08. The Morgan fingerprint density at radius 2 is 1.82 bits per heavy atom. The molecule has 0 atom stereocenters. The third kappa shape index (κ3) is 2.83. The Labute approximate surface area is 102 Å². The Kier molecular flexibility index (Phi) is 3.07. The maximum Gasteiger partial charge on any atom is 0.197 e. The molecule has 0 aliphatic rings. The lowest BCUT2D eigenvalue weighted by Crippen LogP contribution is -1.99. The van der Waals surface area contributed by atoms with E-state index < -0.39 is 0 Å². The summed E-state index contributed by atoms with van der Waals surface area (Å²) < 4.78 is 0. The lowest BCUT2D eigenvalue weighted by molar-refractivity contribution is 0.975. The predicted octanol–water partition coefficient (Wildman–Crippen LogP) is 1.06. The second-order valence-corrected chi connectivity index (χ2v) is 4.06. The van der Waals surface area contributed by atoms with Gasteiger partial charge in [0.25, 0.3) is 0 Å². The molecule has 0 unspecified atom stereocenters. The summed E-state index contributed by atoms with van der Waals surface area (Å²) in [5, 5.41) is 9.75. The van der Waals surface area contributed by atoms with Crippen molar-refractivity contribution >= 4 is 23.4 Å². The topological polar surface area (TPSA) is 114 Å². The first-order valence-corrected chi connectivity index (χ1v) is 5.44. The first-order chi connectivity index (χ1) is 8.17. The molecule has 2 heterocycles. The maximum atomic E-state index is 8.72. The third-order valence-electron chi connectivity index (χ3n) is 1.78. The molecule has 2 aromatic heterocycles. The minimum absolute atomic E-state index is 0.302. The molecular weight excluding hydrogens is 236 g/mol. The van der Waals surface area contributed by atoms with E-state index in [0.717, 1.165) is 0 Å². The van der Waals surface area contributed by atoms with Crippen molar-refractivity contribution in [3.8, 4) is 6.07 Å². The Hall–Kier alpha value is -2.33. The Morgan fingerprint density at radius 3 is 2.47 bits per heavy atom. The number of pyridine rings is 1. The Balaban J connectivity index is 2.28. The summed E-state index contributed by atoms with van der Waals surface area (Å²) in [6, 6.07) is 8.56. The van der Waals surface area contributed by atoms with Crippen molar-refractivity contribution in [3.05, 3.63) is 30.0 Å². The van der Waals surface area contributed by atoms with E-state index in [4.69, 9.17) is 16.7 Å². The van der Waals surface area contributed by atoms with Crippen LogP contribution in [0.25, 0.3) is 0 Å². The van der Waals surface area contributed by atoms with Crippen molar-refractivity contribution in [2.45, 2.75) is 10.2 Å². The number of rotatable bonds is 2. The van der Waals surface area contributed by atoms with E-state index >= 15 is 0 Å². The van der Waals surface area contributed by atoms with E-state index in [1.165, 1.54) is 17.8 Å². The zero-order valence-electron chi connectivity index (χ0n) is 8.66. The Morgan fingerprint density at radius 1 is 1.12 bits per heavy atom. The largest absolute Gasteiger partial charge is 0.383 e. The predicted molar refractivity (Wildman–Crippen MR) is 63.9 cm³/mol. The molecule has 2 rings (SSSR count). The lowest BCUT2D eigenvalue weighted by atomic mass is 10.4. The number of aromatic nitrogens is 3. The molecule has 0 saturated carbocycles. The monoisotopic (exact) mass is 244 g/mol. The minimum Gasteiger partial charge on any atom is -0.383 e. The second kappa shape index (κ2) is 4.67. The van der Waals surface area contributed by atoms with Crippen LogP contribution < -0.4 is 11.5 Å². The van der Waals surface area contributed by atoms with Gasteiger partial charge in [-0.05, 0) is 23.9 Å². The number of nitrogens with two attached hydrogens (primary N) is 2. The van der Waals surface area contributed by atoms with Crippen LogP contribution in [0.4, 0.5) is 11.6 Å². The molecule has 84 valence electrons. The van der Waals surface area contributed by atoms with E-state index in [1.54, 1.807) is 18.2 Å². The molecule has 0 spiro atoms. The van der Waals surface area contributed by atoms with E-state index in [1.807, 2.05) is 6.07 Å². The van der Waals surface area contributed by atoms with Crippen LogP contribution in [-0.2, 0) is 0 Å². The standard InChI is InChI=1S/C10H8N6S/c11-5-6-2-1-3-9(14-6)17-10-15-7(12)4-8(13)16-10/h1-4H,(H4,12,13,15,16). The number of nitrogens with zero attached hydrogens (tertiary/aromatic N) is 4. The maximum absolute atomic E-state index is 8.72. The van der Waals surface area contributed by atoms with Gasteiger partial charge in [-0.25, -0.2) is 15.0 Å². The van der Waals surface area contributed by atoms with Crippen molar-refractivity contribution in [1.29, 1.82) is 5.26 Å². The van der Waals surface area contributed by atoms with Crippen LogP contribution in [0.1, 0.15) is 5.69 Å². The number of nitrogen functional groups attached to an aromatic ring is 2. The summed E-state index contributed by atoms with van der Waals surface area (Å²) in [6.45, 7) is 0. The molecule has 0 radical (unpaired) electrons. The molecule has 0 aliphatic heterocycles. The van der Waals surface area contributed by atoms with Gasteiger partial charge in [-0.3, -0.25) is 0 Å². The molecule has 6 nitrogen and oxygen atoms in total. The van der Waals surface area contributed by atoms with Gasteiger partial charge in [0.1, 0.15) is 28.4 Å². The average Bonchev–Trinajstić information content (AvgIpc) is 2.28. The number of anilines is 2. The summed E-state index contributed by atoms with van der Waals surface area (Å²) in [7, 11) is 0. The molecule has 0 saturated heterocycles. The number of hydrogen-bond donors (Lipinski definition) is 2. The molecule has 0 bridgehead atoms. The quantitative estimate of drug-likeness (QED) is 0.759. The van der Waals surface area contributed by atoms with Gasteiger partial charge in [0.05, 0.1) is 0 Å². The fourth-order valence-electron chi connectivity index (χ4n) is 1.14. The van der Waals surface area contributed by atoms with E-state index in [0.29, 0.717) is 27.5 Å². The highest BCUT2D eigenvalue weighted by atomic mass is 32.2. The smallest absolute Gasteiger partial charge is 0.197 e. The highest BCUT2D eigenvalue weighted by molar-refractivity contribution is 7.99. The average molecular weight is 244 g/mol. The zero-order chi connectivity index (χ0) is 12.3. The van der Waals surface area contributed by atoms with Crippen LogP contribution in [-0.4, -0.2) is 15.0 Å². The highest BCUT2D eigenvalue weighted by Gasteiger charge is 2.05. The van der Waals surface area contributed by atoms with Crippen molar-refractivity contribution in [2.24, 2.45) is 0 Å². The van der Waals surface area contributed by atoms with Gasteiger partial charge in [0.15, 0.2) is 5.16 Å². The minimum atomic E-state index is 0.302. The Bertz CT molecular complexity index is 571. The van der Waals surface area contributed by atoms with Gasteiger partial charge in [0.2, 0.25) is 0 Å². The fourth-order valence-corrected chi connectivity index (χ4v) is 1.91. The molecule has 2 aromatic rings. The molecule has 7 heteroatoms. The fraction of sp³-hybridized carbons (Fsp3) is 0.